The number of fused-ring (bicyclic) bond motifs is 6. The van der Waals surface area contributed by atoms with Crippen LogP contribution in [0.3, 0.4) is 0 Å². The Bertz CT molecular complexity index is 769. The SMILES string of the molecule is COC.O=CC1CCCC2CN3CCc4c([nH]c5ccccc45)C3CC12. The molecule has 4 atom stereocenters. The Labute approximate surface area is 155 Å². The zero-order valence-corrected chi connectivity index (χ0v) is 15.9. The lowest BCUT2D eigenvalue weighted by molar-refractivity contribution is -0.116. The van der Waals surface area contributed by atoms with Gasteiger partial charge in [-0.3, -0.25) is 4.90 Å². The highest BCUT2D eigenvalue weighted by Gasteiger charge is 2.44. The monoisotopic (exact) mass is 354 g/mol. The molecule has 2 aromatic rings. The fourth-order valence-electron chi connectivity index (χ4n) is 5.57. The molecule has 0 radical (unpaired) electrons. The van der Waals surface area contributed by atoms with E-state index < -0.39 is 0 Å². The lowest BCUT2D eigenvalue weighted by atomic mass is 9.66. The van der Waals surface area contributed by atoms with E-state index in [1.807, 2.05) is 0 Å². The first-order valence-corrected chi connectivity index (χ1v) is 9.95. The predicted molar refractivity (Wildman–Crippen MR) is 104 cm³/mol. The van der Waals surface area contributed by atoms with Gasteiger partial charge in [-0.1, -0.05) is 24.6 Å². The first kappa shape index (κ1) is 17.7. The summed E-state index contributed by atoms with van der Waals surface area (Å²) in [5.41, 5.74) is 4.24. The second-order valence-corrected chi connectivity index (χ2v) is 8.12. The zero-order valence-electron chi connectivity index (χ0n) is 15.9. The number of aromatic amines is 1. The van der Waals surface area contributed by atoms with Crippen molar-refractivity contribution in [3.8, 4) is 0 Å². The molecule has 0 amide bonds. The molecule has 1 aromatic heterocycles. The normalized spacial score (nSPS) is 30.5. The van der Waals surface area contributed by atoms with Gasteiger partial charge < -0.3 is 14.5 Å². The first-order chi connectivity index (χ1) is 12.8. The summed E-state index contributed by atoms with van der Waals surface area (Å²) >= 11 is 0. The summed E-state index contributed by atoms with van der Waals surface area (Å²) in [4.78, 5) is 17.9. The van der Waals surface area contributed by atoms with E-state index in [9.17, 15) is 4.79 Å². The third-order valence-electron chi connectivity index (χ3n) is 6.68. The highest BCUT2D eigenvalue weighted by atomic mass is 16.4. The molecule has 5 rings (SSSR count). The molecule has 2 aliphatic heterocycles. The van der Waals surface area contributed by atoms with E-state index in [0.717, 1.165) is 25.2 Å². The Hall–Kier alpha value is -1.65. The van der Waals surface area contributed by atoms with Crippen LogP contribution >= 0.6 is 0 Å². The number of carbonyl (C=O) groups is 1. The minimum Gasteiger partial charge on any atom is -0.388 e. The van der Waals surface area contributed by atoms with Gasteiger partial charge in [-0.2, -0.15) is 0 Å². The molecule has 3 heterocycles. The molecule has 1 saturated carbocycles. The number of piperidine rings is 1. The van der Waals surface area contributed by atoms with Crippen molar-refractivity contribution >= 4 is 17.2 Å². The van der Waals surface area contributed by atoms with Gasteiger partial charge in [0.1, 0.15) is 6.29 Å². The number of benzene rings is 1. The minimum absolute atomic E-state index is 0.297. The van der Waals surface area contributed by atoms with Crippen molar-refractivity contribution < 1.29 is 9.53 Å². The van der Waals surface area contributed by atoms with Crippen molar-refractivity contribution in [1.82, 2.24) is 9.88 Å². The molecule has 1 N–H and O–H groups in total. The smallest absolute Gasteiger partial charge is 0.123 e. The molecule has 1 saturated heterocycles. The van der Waals surface area contributed by atoms with Gasteiger partial charge >= 0.3 is 0 Å². The fourth-order valence-corrected chi connectivity index (χ4v) is 5.57. The average Bonchev–Trinajstić information content (AvgIpc) is 3.06. The maximum absolute atomic E-state index is 11.5. The zero-order chi connectivity index (χ0) is 18.1. The van der Waals surface area contributed by atoms with Crippen LogP contribution in [0.15, 0.2) is 24.3 Å². The van der Waals surface area contributed by atoms with Gasteiger partial charge in [0.2, 0.25) is 0 Å². The molecular weight excluding hydrogens is 324 g/mol. The molecule has 0 bridgehead atoms. The number of aldehydes is 1. The van der Waals surface area contributed by atoms with Gasteiger partial charge in [0, 0.05) is 49.8 Å². The van der Waals surface area contributed by atoms with Crippen molar-refractivity contribution in [3.63, 3.8) is 0 Å². The standard InChI is InChI=1S/C20H24N2O.C2H6O/c23-12-14-5-3-4-13-11-22-9-8-16-15-6-1-2-7-18(15)21-20(16)19(22)10-17(13)14;1-3-2/h1-2,6-7,12-14,17,19,21H,3-5,8-11H2;1-2H3. The number of aromatic nitrogens is 1. The molecule has 4 unspecified atom stereocenters. The Morgan fingerprint density at radius 2 is 2.04 bits per heavy atom. The van der Waals surface area contributed by atoms with Gasteiger partial charge in [0.15, 0.2) is 0 Å². The van der Waals surface area contributed by atoms with E-state index in [-0.39, 0.29) is 0 Å². The molecule has 140 valence electrons. The van der Waals surface area contributed by atoms with Crippen LogP contribution in [0.25, 0.3) is 10.9 Å². The predicted octanol–water partition coefficient (Wildman–Crippen LogP) is 3.96. The van der Waals surface area contributed by atoms with E-state index in [0.29, 0.717) is 17.9 Å². The van der Waals surface area contributed by atoms with Crippen LogP contribution in [-0.4, -0.2) is 43.5 Å². The average molecular weight is 354 g/mol. The van der Waals surface area contributed by atoms with Gasteiger partial charge in [-0.05, 0) is 49.1 Å². The molecule has 2 fully saturated rings. The first-order valence-electron chi connectivity index (χ1n) is 9.95. The van der Waals surface area contributed by atoms with Crippen molar-refractivity contribution in [3.05, 3.63) is 35.5 Å². The van der Waals surface area contributed by atoms with Crippen LogP contribution in [0.5, 0.6) is 0 Å². The summed E-state index contributed by atoms with van der Waals surface area (Å²) in [6, 6.07) is 9.19. The molecule has 0 spiro atoms. The van der Waals surface area contributed by atoms with Crippen molar-refractivity contribution in [2.75, 3.05) is 27.3 Å². The summed E-state index contributed by atoms with van der Waals surface area (Å²) in [5, 5.41) is 1.40. The molecule has 1 aromatic carbocycles. The van der Waals surface area contributed by atoms with E-state index in [1.165, 1.54) is 54.4 Å². The number of nitrogens with zero attached hydrogens (tertiary/aromatic N) is 1. The van der Waals surface area contributed by atoms with Gasteiger partial charge in [0.05, 0.1) is 6.04 Å². The summed E-state index contributed by atoms with van der Waals surface area (Å²) in [6.45, 7) is 2.36. The maximum atomic E-state index is 11.5. The largest absolute Gasteiger partial charge is 0.388 e. The van der Waals surface area contributed by atoms with E-state index in [4.69, 9.17) is 0 Å². The quantitative estimate of drug-likeness (QED) is 0.788. The number of methoxy groups -OCH3 is 1. The van der Waals surface area contributed by atoms with E-state index in [2.05, 4.69) is 38.9 Å². The Morgan fingerprint density at radius 1 is 1.23 bits per heavy atom. The highest BCUT2D eigenvalue weighted by molar-refractivity contribution is 5.85. The number of rotatable bonds is 1. The molecular formula is C22H30N2O2. The minimum atomic E-state index is 0.297. The number of para-hydroxylation sites is 1. The Balaban J connectivity index is 0.000000527. The lowest BCUT2D eigenvalue weighted by Crippen LogP contribution is -2.49. The van der Waals surface area contributed by atoms with Crippen molar-refractivity contribution in [2.45, 2.75) is 38.1 Å². The van der Waals surface area contributed by atoms with Gasteiger partial charge in [0.25, 0.3) is 0 Å². The van der Waals surface area contributed by atoms with Crippen LogP contribution < -0.4 is 0 Å². The number of H-pyrrole nitrogens is 1. The van der Waals surface area contributed by atoms with Crippen LogP contribution in [0.1, 0.15) is 43.0 Å². The molecule has 1 aliphatic carbocycles. The van der Waals surface area contributed by atoms with E-state index >= 15 is 0 Å². The van der Waals surface area contributed by atoms with Crippen LogP contribution in [0, 0.1) is 17.8 Å². The maximum Gasteiger partial charge on any atom is 0.123 e. The second-order valence-electron chi connectivity index (χ2n) is 8.12. The Morgan fingerprint density at radius 3 is 2.85 bits per heavy atom. The molecule has 4 nitrogen and oxygen atoms in total. The molecule has 4 heteroatoms. The van der Waals surface area contributed by atoms with Crippen molar-refractivity contribution in [2.24, 2.45) is 17.8 Å². The second kappa shape index (κ2) is 7.53. The van der Waals surface area contributed by atoms with Crippen LogP contribution in [-0.2, 0) is 16.0 Å². The number of hydrogen-bond donors (Lipinski definition) is 1. The van der Waals surface area contributed by atoms with Crippen LogP contribution in [0.4, 0.5) is 0 Å². The Kier molecular flexibility index (Phi) is 5.14. The van der Waals surface area contributed by atoms with Crippen molar-refractivity contribution in [1.29, 1.82) is 0 Å². The number of hydrogen-bond acceptors (Lipinski definition) is 3. The fraction of sp³-hybridized carbons (Fsp3) is 0.591. The summed E-state index contributed by atoms with van der Waals surface area (Å²) in [6.07, 6.45) is 7.23. The molecule has 3 aliphatic rings. The van der Waals surface area contributed by atoms with Crippen LogP contribution in [0.2, 0.25) is 0 Å². The summed E-state index contributed by atoms with van der Waals surface area (Å²) in [5.74, 6) is 1.63. The molecule has 26 heavy (non-hydrogen) atoms. The third-order valence-corrected chi connectivity index (χ3v) is 6.68. The van der Waals surface area contributed by atoms with Gasteiger partial charge in [-0.15, -0.1) is 0 Å². The highest BCUT2D eigenvalue weighted by Crippen LogP contribution is 2.48. The lowest BCUT2D eigenvalue weighted by Gasteiger charge is -2.49. The number of ether oxygens (including phenoxy) is 1. The summed E-state index contributed by atoms with van der Waals surface area (Å²) < 4.78 is 4.25. The van der Waals surface area contributed by atoms with E-state index in [1.54, 1.807) is 14.2 Å². The summed E-state index contributed by atoms with van der Waals surface area (Å²) in [7, 11) is 3.25. The number of carbonyl (C=O) groups excluding carboxylic acids is 1. The third kappa shape index (κ3) is 2.99. The number of nitrogens with one attached hydrogen (secondary N) is 1. The van der Waals surface area contributed by atoms with Gasteiger partial charge in [-0.25, -0.2) is 0 Å². The topological polar surface area (TPSA) is 45.3 Å².